The van der Waals surface area contributed by atoms with Crippen molar-refractivity contribution in [2.45, 2.75) is 50.6 Å². The Morgan fingerprint density at radius 3 is 2.67 bits per heavy atom. The molecule has 0 bridgehead atoms. The van der Waals surface area contributed by atoms with Gasteiger partial charge in [0.2, 0.25) is 11.8 Å². The molecule has 30 heavy (non-hydrogen) atoms. The maximum atomic E-state index is 12.5. The lowest BCUT2D eigenvalue weighted by atomic mass is 9.90. The lowest BCUT2D eigenvalue weighted by Gasteiger charge is -2.37. The average Bonchev–Trinajstić information content (AvgIpc) is 2.59. The van der Waals surface area contributed by atoms with Crippen molar-refractivity contribution in [3.8, 4) is 17.1 Å². The summed E-state index contributed by atoms with van der Waals surface area (Å²) in [6, 6.07) is 7.70. The highest BCUT2D eigenvalue weighted by Crippen LogP contribution is 2.40. The lowest BCUT2D eigenvalue weighted by molar-refractivity contribution is -0.206. The number of alkyl halides is 3. The van der Waals surface area contributed by atoms with E-state index in [9.17, 15) is 18.0 Å². The highest BCUT2D eigenvalue weighted by atomic mass is 35.5. The summed E-state index contributed by atoms with van der Waals surface area (Å²) in [6.07, 6.45) is -8.35. The monoisotopic (exact) mass is 462 g/mol. The first-order chi connectivity index (χ1) is 13.9. The average molecular weight is 463 g/mol. The lowest BCUT2D eigenvalue weighted by Crippen LogP contribution is -2.43. The second-order valence-electron chi connectivity index (χ2n) is 7.66. The molecule has 2 atom stereocenters. The molecule has 1 aliphatic rings. The Kier molecular flexibility index (Phi) is 6.23. The molecule has 0 saturated heterocycles. The molecule has 3 rings (SSSR count). The zero-order chi connectivity index (χ0) is 22.3. The number of hydrogen-bond donors (Lipinski definition) is 2. The first kappa shape index (κ1) is 22.7. The Bertz CT molecular complexity index is 967. The fraction of sp³-hybridized carbons (Fsp3) is 0.400. The smallest absolute Gasteiger partial charge is 0.414 e. The van der Waals surface area contributed by atoms with Gasteiger partial charge in [0, 0.05) is 22.6 Å². The van der Waals surface area contributed by atoms with Crippen LogP contribution in [-0.4, -0.2) is 33.9 Å². The molecule has 1 amide bonds. The third-order valence-corrected chi connectivity index (χ3v) is 5.18. The van der Waals surface area contributed by atoms with Crippen LogP contribution < -0.4 is 10.1 Å². The summed E-state index contributed by atoms with van der Waals surface area (Å²) in [5.41, 5.74) is 0.941. The second kappa shape index (κ2) is 8.24. The van der Waals surface area contributed by atoms with Crippen molar-refractivity contribution in [1.29, 1.82) is 0 Å². The van der Waals surface area contributed by atoms with Crippen molar-refractivity contribution >= 4 is 29.1 Å². The molecule has 1 aromatic heterocycles. The summed E-state index contributed by atoms with van der Waals surface area (Å²) in [5, 5.41) is 12.6. The van der Waals surface area contributed by atoms with Crippen LogP contribution in [0.2, 0.25) is 10.0 Å². The summed E-state index contributed by atoms with van der Waals surface area (Å²) in [4.78, 5) is 16.6. The number of rotatable bonds is 4. The van der Waals surface area contributed by atoms with Gasteiger partial charge in [-0.1, -0.05) is 23.2 Å². The first-order valence-electron chi connectivity index (χ1n) is 9.05. The number of amides is 1. The second-order valence-corrected chi connectivity index (χ2v) is 8.51. The summed E-state index contributed by atoms with van der Waals surface area (Å²) in [5.74, 6) is -0.672. The Labute approximate surface area is 181 Å². The maximum absolute atomic E-state index is 12.5. The highest BCUT2D eigenvalue weighted by Gasteiger charge is 2.41. The number of fused-ring (bicyclic) bond motifs is 1. The molecular formula is C20H19Cl2F3N2O3. The number of nitrogens with zero attached hydrogens (tertiary/aromatic N) is 1. The van der Waals surface area contributed by atoms with Crippen LogP contribution in [0.5, 0.6) is 5.88 Å². The molecular weight excluding hydrogens is 444 g/mol. The van der Waals surface area contributed by atoms with Gasteiger partial charge in [0.05, 0.1) is 23.2 Å². The minimum absolute atomic E-state index is 0.247. The van der Waals surface area contributed by atoms with Gasteiger partial charge >= 0.3 is 6.18 Å². The quantitative estimate of drug-likeness (QED) is 0.663. The van der Waals surface area contributed by atoms with Crippen molar-refractivity contribution in [2.24, 2.45) is 0 Å². The number of aromatic nitrogens is 1. The molecule has 0 spiro atoms. The number of halogens is 5. The fourth-order valence-corrected chi connectivity index (χ4v) is 3.73. The SMILES string of the molecule is CC1(C)CC(NC(=O)CC(O)C(F)(F)F)c2ccc(-c3ccc(Cl)cc3Cl)nc2O1. The molecule has 0 fully saturated rings. The minimum Gasteiger partial charge on any atom is -0.471 e. The zero-order valence-corrected chi connectivity index (χ0v) is 17.6. The van der Waals surface area contributed by atoms with Crippen molar-refractivity contribution in [1.82, 2.24) is 10.3 Å². The number of ether oxygens (including phenoxy) is 1. The molecule has 0 saturated carbocycles. The van der Waals surface area contributed by atoms with Crippen LogP contribution in [-0.2, 0) is 4.79 Å². The van der Waals surface area contributed by atoms with Crippen molar-refractivity contribution < 1.29 is 27.8 Å². The number of benzene rings is 1. The molecule has 10 heteroatoms. The van der Waals surface area contributed by atoms with Gasteiger partial charge in [0.1, 0.15) is 5.60 Å². The molecule has 1 aliphatic heterocycles. The van der Waals surface area contributed by atoms with Crippen molar-refractivity contribution in [3.05, 3.63) is 45.9 Å². The first-order valence-corrected chi connectivity index (χ1v) is 9.81. The molecule has 2 unspecified atom stereocenters. The number of nitrogens with one attached hydrogen (secondary N) is 1. The highest BCUT2D eigenvalue weighted by molar-refractivity contribution is 6.36. The third-order valence-electron chi connectivity index (χ3n) is 4.63. The van der Waals surface area contributed by atoms with Gasteiger partial charge in [-0.25, -0.2) is 4.98 Å². The molecule has 0 aliphatic carbocycles. The van der Waals surface area contributed by atoms with E-state index >= 15 is 0 Å². The van der Waals surface area contributed by atoms with Gasteiger partial charge in [0.15, 0.2) is 6.10 Å². The number of aliphatic hydroxyl groups is 1. The van der Waals surface area contributed by atoms with Gasteiger partial charge in [-0.15, -0.1) is 0 Å². The maximum Gasteiger partial charge on any atom is 0.414 e. The van der Waals surface area contributed by atoms with E-state index in [1.165, 1.54) is 0 Å². The number of pyridine rings is 1. The van der Waals surface area contributed by atoms with Crippen LogP contribution in [0.25, 0.3) is 11.3 Å². The summed E-state index contributed by atoms with van der Waals surface area (Å²) in [7, 11) is 0. The molecule has 2 N–H and O–H groups in total. The fourth-order valence-electron chi connectivity index (χ4n) is 3.22. The van der Waals surface area contributed by atoms with E-state index in [4.69, 9.17) is 33.0 Å². The Balaban J connectivity index is 1.88. The number of hydrogen-bond acceptors (Lipinski definition) is 4. The third kappa shape index (κ3) is 5.17. The molecule has 1 aromatic carbocycles. The van der Waals surface area contributed by atoms with E-state index in [0.717, 1.165) is 0 Å². The summed E-state index contributed by atoms with van der Waals surface area (Å²) >= 11 is 12.2. The summed E-state index contributed by atoms with van der Waals surface area (Å²) in [6.45, 7) is 3.56. The molecule has 2 aromatic rings. The Morgan fingerprint density at radius 2 is 2.03 bits per heavy atom. The van der Waals surface area contributed by atoms with Crippen LogP contribution in [0.15, 0.2) is 30.3 Å². The van der Waals surface area contributed by atoms with Gasteiger partial charge in [-0.3, -0.25) is 4.79 Å². The molecule has 5 nitrogen and oxygen atoms in total. The molecule has 2 heterocycles. The largest absolute Gasteiger partial charge is 0.471 e. The van der Waals surface area contributed by atoms with Gasteiger partial charge in [-0.2, -0.15) is 13.2 Å². The topological polar surface area (TPSA) is 71.5 Å². The van der Waals surface area contributed by atoms with Crippen LogP contribution in [0.1, 0.15) is 38.3 Å². The number of carbonyl (C=O) groups is 1. The minimum atomic E-state index is -4.86. The van der Waals surface area contributed by atoms with E-state index in [1.54, 1.807) is 44.2 Å². The van der Waals surface area contributed by atoms with Gasteiger partial charge in [-0.05, 0) is 44.2 Å². The van der Waals surface area contributed by atoms with E-state index in [1.807, 2.05) is 0 Å². The molecule has 162 valence electrons. The van der Waals surface area contributed by atoms with Gasteiger partial charge in [0.25, 0.3) is 0 Å². The predicted molar refractivity (Wildman–Crippen MR) is 107 cm³/mol. The zero-order valence-electron chi connectivity index (χ0n) is 16.1. The van der Waals surface area contributed by atoms with Crippen LogP contribution >= 0.6 is 23.2 Å². The van der Waals surface area contributed by atoms with Crippen LogP contribution in [0.4, 0.5) is 13.2 Å². The predicted octanol–water partition coefficient (Wildman–Crippen LogP) is 5.09. The van der Waals surface area contributed by atoms with E-state index < -0.39 is 36.3 Å². The van der Waals surface area contributed by atoms with Crippen LogP contribution in [0.3, 0.4) is 0 Å². The van der Waals surface area contributed by atoms with E-state index in [-0.39, 0.29) is 5.88 Å². The standard InChI is InChI=1S/C20H19Cl2F3N2O3/c1-19(2)9-15(26-17(29)8-16(28)20(23,24)25)12-5-6-14(27-18(12)30-19)11-4-3-10(21)7-13(11)22/h3-7,15-16,28H,8-9H2,1-2H3,(H,26,29). The van der Waals surface area contributed by atoms with Crippen LogP contribution in [0, 0.1) is 0 Å². The van der Waals surface area contributed by atoms with Gasteiger partial charge < -0.3 is 15.2 Å². The van der Waals surface area contributed by atoms with Crippen molar-refractivity contribution in [2.75, 3.05) is 0 Å². The number of aliphatic hydroxyl groups excluding tert-OH is 1. The normalized spacial score (nSPS) is 18.9. The van der Waals surface area contributed by atoms with E-state index in [2.05, 4.69) is 10.3 Å². The van der Waals surface area contributed by atoms with E-state index in [0.29, 0.717) is 33.3 Å². The van der Waals surface area contributed by atoms with Crippen molar-refractivity contribution in [3.63, 3.8) is 0 Å². The summed E-state index contributed by atoms with van der Waals surface area (Å²) < 4.78 is 43.5. The Morgan fingerprint density at radius 1 is 1.33 bits per heavy atom. The Hall–Kier alpha value is -2.03. The number of carbonyl (C=O) groups excluding carboxylic acids is 1. The molecule has 0 radical (unpaired) electrons.